The second kappa shape index (κ2) is 7.57. The standard InChI is InChI=1S/C22H24N2O4S/c1-22(2,3)17-11-9-15(10-12-17)13-19-21(25)28-20(23-19)16-7-6-8-18(14-16)29(26,27)24(4)5/h6-14H,1-5H3. The van der Waals surface area contributed by atoms with Crippen molar-refractivity contribution in [3.63, 3.8) is 0 Å². The third-order valence-corrected chi connectivity index (χ3v) is 6.37. The van der Waals surface area contributed by atoms with Crippen molar-refractivity contribution >= 4 is 28.0 Å². The van der Waals surface area contributed by atoms with Crippen LogP contribution in [0.1, 0.15) is 37.5 Å². The molecule has 6 nitrogen and oxygen atoms in total. The molecule has 0 fully saturated rings. The predicted octanol–water partition coefficient (Wildman–Crippen LogP) is 3.58. The molecule has 0 amide bonds. The van der Waals surface area contributed by atoms with Crippen molar-refractivity contribution < 1.29 is 17.9 Å². The number of aliphatic imine (C=N–C) groups is 1. The Balaban J connectivity index is 1.92. The molecule has 7 heteroatoms. The lowest BCUT2D eigenvalue weighted by molar-refractivity contribution is -0.129. The van der Waals surface area contributed by atoms with E-state index in [1.165, 1.54) is 31.8 Å². The Hall–Kier alpha value is -2.77. The van der Waals surface area contributed by atoms with Crippen LogP contribution in [0.15, 0.2) is 64.1 Å². The fourth-order valence-corrected chi connectivity index (χ4v) is 3.72. The molecule has 0 saturated carbocycles. The molecular weight excluding hydrogens is 388 g/mol. The maximum absolute atomic E-state index is 12.3. The summed E-state index contributed by atoms with van der Waals surface area (Å²) >= 11 is 0. The van der Waals surface area contributed by atoms with Crippen LogP contribution in [0.4, 0.5) is 0 Å². The smallest absolute Gasteiger partial charge is 0.363 e. The van der Waals surface area contributed by atoms with Crippen LogP contribution < -0.4 is 0 Å². The molecule has 3 rings (SSSR count). The minimum atomic E-state index is -3.60. The lowest BCUT2D eigenvalue weighted by Gasteiger charge is -2.18. The average Bonchev–Trinajstić information content (AvgIpc) is 3.02. The van der Waals surface area contributed by atoms with Crippen molar-refractivity contribution in [1.29, 1.82) is 0 Å². The third-order valence-electron chi connectivity index (χ3n) is 4.56. The molecule has 0 spiro atoms. The van der Waals surface area contributed by atoms with Gasteiger partial charge in [-0.15, -0.1) is 0 Å². The van der Waals surface area contributed by atoms with Crippen molar-refractivity contribution in [2.24, 2.45) is 4.99 Å². The molecule has 29 heavy (non-hydrogen) atoms. The second-order valence-electron chi connectivity index (χ2n) is 8.02. The van der Waals surface area contributed by atoms with Gasteiger partial charge in [-0.2, -0.15) is 0 Å². The number of ether oxygens (including phenoxy) is 1. The number of hydrogen-bond donors (Lipinski definition) is 0. The topological polar surface area (TPSA) is 76.0 Å². The van der Waals surface area contributed by atoms with Crippen molar-refractivity contribution in [3.8, 4) is 0 Å². The molecular formula is C22H24N2O4S. The second-order valence-corrected chi connectivity index (χ2v) is 10.2. The van der Waals surface area contributed by atoms with Gasteiger partial charge in [0.25, 0.3) is 0 Å². The number of sulfonamides is 1. The zero-order chi connectivity index (χ0) is 21.4. The van der Waals surface area contributed by atoms with Gasteiger partial charge in [0.15, 0.2) is 5.70 Å². The fourth-order valence-electron chi connectivity index (χ4n) is 2.77. The van der Waals surface area contributed by atoms with Crippen LogP contribution in [0.25, 0.3) is 6.08 Å². The van der Waals surface area contributed by atoms with Crippen LogP contribution in [0, 0.1) is 0 Å². The predicted molar refractivity (Wildman–Crippen MR) is 113 cm³/mol. The summed E-state index contributed by atoms with van der Waals surface area (Å²) in [6, 6.07) is 14.1. The minimum Gasteiger partial charge on any atom is -0.402 e. The van der Waals surface area contributed by atoms with Crippen molar-refractivity contribution in [3.05, 3.63) is 70.9 Å². The van der Waals surface area contributed by atoms with E-state index in [-0.39, 0.29) is 21.9 Å². The Morgan fingerprint density at radius 1 is 1.03 bits per heavy atom. The van der Waals surface area contributed by atoms with E-state index in [4.69, 9.17) is 4.74 Å². The number of nitrogens with zero attached hydrogens (tertiary/aromatic N) is 2. The Kier molecular flexibility index (Phi) is 5.47. The Bertz CT molecular complexity index is 1110. The molecule has 0 aromatic heterocycles. The van der Waals surface area contributed by atoms with E-state index in [1.807, 2.05) is 24.3 Å². The van der Waals surface area contributed by atoms with Crippen LogP contribution in [0.5, 0.6) is 0 Å². The van der Waals surface area contributed by atoms with Gasteiger partial charge in [-0.3, -0.25) is 0 Å². The molecule has 1 heterocycles. The highest BCUT2D eigenvalue weighted by Gasteiger charge is 2.26. The first-order valence-electron chi connectivity index (χ1n) is 9.14. The molecule has 0 bridgehead atoms. The van der Waals surface area contributed by atoms with E-state index in [0.29, 0.717) is 5.56 Å². The van der Waals surface area contributed by atoms with E-state index in [9.17, 15) is 13.2 Å². The van der Waals surface area contributed by atoms with Gasteiger partial charge in [-0.25, -0.2) is 22.5 Å². The molecule has 2 aromatic rings. The van der Waals surface area contributed by atoms with Gasteiger partial charge in [-0.05, 0) is 40.8 Å². The van der Waals surface area contributed by atoms with E-state index >= 15 is 0 Å². The van der Waals surface area contributed by atoms with Crippen molar-refractivity contribution in [2.45, 2.75) is 31.1 Å². The summed E-state index contributed by atoms with van der Waals surface area (Å²) in [7, 11) is -0.679. The number of carbonyl (C=O) groups is 1. The largest absolute Gasteiger partial charge is 0.402 e. The Morgan fingerprint density at radius 2 is 1.69 bits per heavy atom. The molecule has 0 N–H and O–H groups in total. The summed E-state index contributed by atoms with van der Waals surface area (Å²) in [5.74, 6) is -0.482. The molecule has 0 aliphatic carbocycles. The zero-order valence-corrected chi connectivity index (χ0v) is 17.9. The first kappa shape index (κ1) is 21.0. The molecule has 2 aromatic carbocycles. The maximum Gasteiger partial charge on any atom is 0.363 e. The molecule has 0 radical (unpaired) electrons. The van der Waals surface area contributed by atoms with Gasteiger partial charge in [-0.1, -0.05) is 51.1 Å². The van der Waals surface area contributed by atoms with Gasteiger partial charge in [0.1, 0.15) is 0 Å². The number of benzene rings is 2. The molecule has 1 aliphatic rings. The van der Waals surface area contributed by atoms with Crippen LogP contribution in [0.2, 0.25) is 0 Å². The lowest BCUT2D eigenvalue weighted by atomic mass is 9.87. The van der Waals surface area contributed by atoms with Gasteiger partial charge in [0.05, 0.1) is 4.90 Å². The number of hydrogen-bond acceptors (Lipinski definition) is 5. The van der Waals surface area contributed by atoms with E-state index in [2.05, 4.69) is 25.8 Å². The quantitative estimate of drug-likeness (QED) is 0.568. The van der Waals surface area contributed by atoms with E-state index < -0.39 is 16.0 Å². The highest BCUT2D eigenvalue weighted by Crippen LogP contribution is 2.25. The monoisotopic (exact) mass is 412 g/mol. The Morgan fingerprint density at radius 3 is 2.28 bits per heavy atom. The number of esters is 1. The molecule has 1 aliphatic heterocycles. The van der Waals surface area contributed by atoms with Gasteiger partial charge >= 0.3 is 5.97 Å². The van der Waals surface area contributed by atoms with Gasteiger partial charge in [0, 0.05) is 19.7 Å². The first-order valence-corrected chi connectivity index (χ1v) is 10.6. The normalized spacial score (nSPS) is 16.3. The Labute approximate surface area is 171 Å². The zero-order valence-electron chi connectivity index (χ0n) is 17.1. The van der Waals surface area contributed by atoms with E-state index in [1.54, 1.807) is 18.2 Å². The summed E-state index contributed by atoms with van der Waals surface area (Å²) in [6.07, 6.45) is 1.65. The summed E-state index contributed by atoms with van der Waals surface area (Å²) in [6.45, 7) is 6.40. The van der Waals surface area contributed by atoms with Gasteiger partial charge < -0.3 is 4.74 Å². The lowest BCUT2D eigenvalue weighted by Crippen LogP contribution is -2.22. The van der Waals surface area contributed by atoms with Crippen LogP contribution >= 0.6 is 0 Å². The summed E-state index contributed by atoms with van der Waals surface area (Å²) in [4.78, 5) is 16.6. The fraction of sp³-hybridized carbons (Fsp3) is 0.273. The van der Waals surface area contributed by atoms with E-state index in [0.717, 1.165) is 9.87 Å². The summed E-state index contributed by atoms with van der Waals surface area (Å²) < 4.78 is 31.1. The van der Waals surface area contributed by atoms with Crippen molar-refractivity contribution in [2.75, 3.05) is 14.1 Å². The SMILES string of the molecule is CN(C)S(=O)(=O)c1cccc(C2=NC(=Cc3ccc(C(C)(C)C)cc3)C(=O)O2)c1. The third kappa shape index (κ3) is 4.46. The highest BCUT2D eigenvalue weighted by atomic mass is 32.2. The van der Waals surface area contributed by atoms with Gasteiger partial charge in [0.2, 0.25) is 15.9 Å². The number of rotatable bonds is 4. The van der Waals surface area contributed by atoms with Crippen molar-refractivity contribution in [1.82, 2.24) is 4.31 Å². The summed E-state index contributed by atoms with van der Waals surface area (Å²) in [5.41, 5.74) is 2.66. The number of carbonyl (C=O) groups excluding carboxylic acids is 1. The maximum atomic E-state index is 12.3. The molecule has 0 unspecified atom stereocenters. The van der Waals surface area contributed by atoms with Crippen LogP contribution in [-0.2, 0) is 25.0 Å². The first-order chi connectivity index (χ1) is 13.5. The summed E-state index contributed by atoms with van der Waals surface area (Å²) in [5, 5.41) is 0. The minimum absolute atomic E-state index is 0.0429. The molecule has 0 saturated heterocycles. The molecule has 0 atom stereocenters. The van der Waals surface area contributed by atoms with Crippen LogP contribution in [0.3, 0.4) is 0 Å². The number of cyclic esters (lactones) is 1. The highest BCUT2D eigenvalue weighted by molar-refractivity contribution is 7.89. The van der Waals surface area contributed by atoms with Crippen LogP contribution in [-0.4, -0.2) is 38.7 Å². The molecule has 152 valence electrons. The average molecular weight is 413 g/mol.